The van der Waals surface area contributed by atoms with Gasteiger partial charge in [0.15, 0.2) is 0 Å². The van der Waals surface area contributed by atoms with Gasteiger partial charge in [-0.05, 0) is 0 Å². The van der Waals surface area contributed by atoms with Crippen LogP contribution >= 0.6 is 0 Å². The summed E-state index contributed by atoms with van der Waals surface area (Å²) in [7, 11) is 0. The Morgan fingerprint density at radius 1 is 0.810 bits per heavy atom. The number of hydrogen-bond donors (Lipinski definition) is 0. The van der Waals surface area contributed by atoms with Gasteiger partial charge in [0.2, 0.25) is 0 Å². The molecule has 0 saturated heterocycles. The van der Waals surface area contributed by atoms with Crippen molar-refractivity contribution in [3.63, 3.8) is 0 Å². The Morgan fingerprint density at radius 2 is 1.24 bits per heavy atom. The van der Waals surface area contributed by atoms with Gasteiger partial charge >= 0.3 is 130 Å². The molecule has 0 aromatic heterocycles. The first-order valence-electron chi connectivity index (χ1n) is 7.88. The first kappa shape index (κ1) is 21.4. The van der Waals surface area contributed by atoms with Gasteiger partial charge in [-0.25, -0.2) is 0 Å². The van der Waals surface area contributed by atoms with Crippen LogP contribution in [0.3, 0.4) is 0 Å². The van der Waals surface area contributed by atoms with Crippen molar-refractivity contribution >= 4 is 0 Å². The molecular formula is C18H26Cl2Zr. The van der Waals surface area contributed by atoms with Gasteiger partial charge in [-0.3, -0.25) is 0 Å². The second-order valence-electron chi connectivity index (χ2n) is 5.64. The third kappa shape index (κ3) is 7.49. The van der Waals surface area contributed by atoms with Crippen molar-refractivity contribution in [3.05, 3.63) is 42.0 Å². The zero-order valence-electron chi connectivity index (χ0n) is 13.2. The van der Waals surface area contributed by atoms with Crippen LogP contribution in [0.15, 0.2) is 42.0 Å². The van der Waals surface area contributed by atoms with Gasteiger partial charge in [-0.15, -0.1) is 0 Å². The molecule has 2 aliphatic rings. The minimum atomic E-state index is -0.427. The first-order valence-corrected chi connectivity index (χ1v) is 10.3. The van der Waals surface area contributed by atoms with E-state index in [1.165, 1.54) is 51.4 Å². The van der Waals surface area contributed by atoms with E-state index >= 15 is 0 Å². The van der Waals surface area contributed by atoms with E-state index in [2.05, 4.69) is 38.2 Å². The Morgan fingerprint density at radius 3 is 1.62 bits per heavy atom. The van der Waals surface area contributed by atoms with E-state index in [-0.39, 0.29) is 24.8 Å². The molecule has 2 aliphatic carbocycles. The molecular weight excluding hydrogens is 378 g/mol. The van der Waals surface area contributed by atoms with Crippen molar-refractivity contribution in [1.29, 1.82) is 0 Å². The molecule has 0 N–H and O–H groups in total. The fraction of sp³-hybridized carbons (Fsp3) is 0.556. The van der Waals surface area contributed by atoms with Crippen LogP contribution in [0.2, 0.25) is 0 Å². The summed E-state index contributed by atoms with van der Waals surface area (Å²) in [4.78, 5) is 0. The molecule has 0 saturated carbocycles. The molecule has 0 unspecified atom stereocenters. The van der Waals surface area contributed by atoms with Crippen molar-refractivity contribution in [2.45, 2.75) is 65.2 Å². The van der Waals surface area contributed by atoms with Crippen LogP contribution in [0.5, 0.6) is 0 Å². The fourth-order valence-electron chi connectivity index (χ4n) is 2.66. The maximum atomic E-state index is 2.53. The predicted octanol–water partition coefficient (Wildman–Crippen LogP) is -0.115. The molecule has 0 heterocycles. The van der Waals surface area contributed by atoms with E-state index in [4.69, 9.17) is 0 Å². The number of hydrogen-bond acceptors (Lipinski definition) is 0. The van der Waals surface area contributed by atoms with Gasteiger partial charge in [-0.2, -0.15) is 0 Å². The van der Waals surface area contributed by atoms with Crippen molar-refractivity contribution in [2.24, 2.45) is 0 Å². The van der Waals surface area contributed by atoms with Crippen LogP contribution in [0.25, 0.3) is 0 Å². The second kappa shape index (κ2) is 11.9. The summed E-state index contributed by atoms with van der Waals surface area (Å²) in [6, 6.07) is 0. The number of halogens is 2. The van der Waals surface area contributed by atoms with Crippen LogP contribution in [-0.2, 0) is 23.2 Å². The summed E-state index contributed by atoms with van der Waals surface area (Å²) < 4.78 is 3.59. The minimum Gasteiger partial charge on any atom is -1.00 e. The summed E-state index contributed by atoms with van der Waals surface area (Å²) in [5, 5.41) is 0. The SMILES string of the molecule is CCCCC1=CC[C]([Zr+2][C]2=CC(CCCC)=CC2)=C1.[Cl-].[Cl-]. The Hall–Kier alpha value is 0.423. The van der Waals surface area contributed by atoms with Gasteiger partial charge in [-0.1, -0.05) is 0 Å². The van der Waals surface area contributed by atoms with E-state index in [1.807, 2.05) is 0 Å². The Labute approximate surface area is 154 Å². The van der Waals surface area contributed by atoms with Crippen LogP contribution < -0.4 is 24.8 Å². The smallest absolute Gasteiger partial charge is 1.00 e. The minimum absolute atomic E-state index is 0. The summed E-state index contributed by atoms with van der Waals surface area (Å²) >= 11 is -0.427. The number of allylic oxidation sites excluding steroid dienone is 8. The molecule has 116 valence electrons. The van der Waals surface area contributed by atoms with E-state index in [1.54, 1.807) is 17.7 Å². The van der Waals surface area contributed by atoms with Crippen molar-refractivity contribution in [2.75, 3.05) is 0 Å². The van der Waals surface area contributed by atoms with Crippen LogP contribution in [-0.4, -0.2) is 0 Å². The molecule has 0 nitrogen and oxygen atoms in total. The number of unbranched alkanes of at least 4 members (excludes halogenated alkanes) is 2. The van der Waals surface area contributed by atoms with Crippen molar-refractivity contribution in [3.8, 4) is 0 Å². The first-order chi connectivity index (χ1) is 9.31. The van der Waals surface area contributed by atoms with Gasteiger partial charge in [0.25, 0.3) is 0 Å². The average molecular weight is 405 g/mol. The molecule has 0 spiro atoms. The molecule has 3 heteroatoms. The molecule has 0 bridgehead atoms. The third-order valence-corrected chi connectivity index (χ3v) is 7.14. The zero-order chi connectivity index (χ0) is 13.5. The molecule has 0 amide bonds. The summed E-state index contributed by atoms with van der Waals surface area (Å²) in [5.41, 5.74) is 3.24. The molecule has 0 aromatic carbocycles. The van der Waals surface area contributed by atoms with Gasteiger partial charge in [0, 0.05) is 0 Å². The molecule has 0 fully saturated rings. The third-order valence-electron chi connectivity index (χ3n) is 3.85. The maximum absolute atomic E-state index is 2.53. The predicted molar refractivity (Wildman–Crippen MR) is 80.6 cm³/mol. The molecule has 2 rings (SSSR count). The zero-order valence-corrected chi connectivity index (χ0v) is 17.2. The molecule has 0 radical (unpaired) electrons. The second-order valence-corrected chi connectivity index (χ2v) is 9.41. The normalized spacial score (nSPS) is 16.1. The van der Waals surface area contributed by atoms with E-state index < -0.39 is 23.2 Å². The molecule has 0 atom stereocenters. The van der Waals surface area contributed by atoms with Crippen molar-refractivity contribution < 1.29 is 48.0 Å². The monoisotopic (exact) mass is 402 g/mol. The average Bonchev–Trinajstić information content (AvgIpc) is 3.04. The molecule has 21 heavy (non-hydrogen) atoms. The summed E-state index contributed by atoms with van der Waals surface area (Å²) in [6.45, 7) is 4.56. The van der Waals surface area contributed by atoms with E-state index in [0.717, 1.165) is 0 Å². The molecule has 0 aromatic rings. The Bertz CT molecular complexity index is 390. The van der Waals surface area contributed by atoms with Gasteiger partial charge in [0.1, 0.15) is 0 Å². The van der Waals surface area contributed by atoms with Crippen LogP contribution in [0, 0.1) is 0 Å². The molecule has 0 aliphatic heterocycles. The van der Waals surface area contributed by atoms with E-state index in [9.17, 15) is 0 Å². The number of rotatable bonds is 8. The summed E-state index contributed by atoms with van der Waals surface area (Å²) in [5.74, 6) is 0. The Kier molecular flexibility index (Phi) is 12.2. The van der Waals surface area contributed by atoms with Gasteiger partial charge in [0.05, 0.1) is 0 Å². The van der Waals surface area contributed by atoms with Crippen LogP contribution in [0.4, 0.5) is 0 Å². The van der Waals surface area contributed by atoms with Gasteiger partial charge < -0.3 is 24.8 Å². The van der Waals surface area contributed by atoms with Crippen LogP contribution in [0.1, 0.15) is 65.2 Å². The van der Waals surface area contributed by atoms with E-state index in [0.29, 0.717) is 0 Å². The largest absolute Gasteiger partial charge is 1.00 e. The quantitative estimate of drug-likeness (QED) is 0.530. The Balaban J connectivity index is 0.00000200. The van der Waals surface area contributed by atoms with Crippen molar-refractivity contribution in [1.82, 2.24) is 0 Å². The topological polar surface area (TPSA) is 0 Å². The fourth-order valence-corrected chi connectivity index (χ4v) is 5.94. The summed E-state index contributed by atoms with van der Waals surface area (Å²) in [6.07, 6.45) is 20.5. The standard InChI is InChI=1S/2C9H13.2ClH.Zr/c2*1-2-3-6-9-7-4-5-8-9;;;/h2*7-8H,2-4,6H2,1H3;2*1H;/q;;;;+2/p-2. The maximum Gasteiger partial charge on any atom is -1.00 e.